The molecular weight excluding hydrogens is 131 g/mol. The van der Waals surface area contributed by atoms with Crippen LogP contribution in [0.1, 0.15) is 13.8 Å². The summed E-state index contributed by atoms with van der Waals surface area (Å²) in [6.45, 7) is 3.22. The van der Waals surface area contributed by atoms with E-state index in [4.69, 9.17) is 0 Å². The van der Waals surface area contributed by atoms with Gasteiger partial charge in [0.25, 0.3) is 0 Å². The van der Waals surface area contributed by atoms with Crippen LogP contribution in [-0.4, -0.2) is 16.5 Å². The van der Waals surface area contributed by atoms with E-state index in [1.165, 1.54) is 0 Å². The lowest BCUT2D eigenvalue weighted by molar-refractivity contribution is 0.236. The Kier molecular flexibility index (Phi) is 1.74. The number of rotatable bonds is 2. The molecule has 10 heavy (non-hydrogen) atoms. The van der Waals surface area contributed by atoms with Crippen molar-refractivity contribution < 1.29 is 4.39 Å². The highest BCUT2D eigenvalue weighted by molar-refractivity contribution is 4.85. The smallest absolute Gasteiger partial charge is 0.114 e. The molecule has 0 radical (unpaired) electrons. The lowest BCUT2D eigenvalue weighted by Gasteiger charge is -2.20. The molecule has 0 spiro atoms. The van der Waals surface area contributed by atoms with Crippen LogP contribution < -0.4 is 0 Å². The molecule has 3 heteroatoms. The van der Waals surface area contributed by atoms with Gasteiger partial charge in [-0.05, 0) is 19.9 Å². The molecule has 1 heterocycles. The number of nitrogens with zero attached hydrogens (tertiary/aromatic N) is 2. The van der Waals surface area contributed by atoms with Gasteiger partial charge in [-0.3, -0.25) is 4.68 Å². The minimum Gasteiger partial charge on any atom is -0.265 e. The van der Waals surface area contributed by atoms with Crippen LogP contribution >= 0.6 is 0 Å². The fourth-order valence-corrected chi connectivity index (χ4v) is 0.688. The first kappa shape index (κ1) is 7.25. The van der Waals surface area contributed by atoms with Crippen molar-refractivity contribution in [2.75, 3.05) is 6.67 Å². The molecule has 56 valence electrons. The molecular formula is C7H11FN2. The van der Waals surface area contributed by atoms with E-state index in [2.05, 4.69) is 5.10 Å². The SMILES string of the molecule is CC(C)(CF)n1cccn1. The molecule has 0 aliphatic heterocycles. The zero-order valence-corrected chi connectivity index (χ0v) is 6.21. The van der Waals surface area contributed by atoms with Gasteiger partial charge in [0.2, 0.25) is 0 Å². The molecule has 0 saturated carbocycles. The Balaban J connectivity index is 2.85. The maximum atomic E-state index is 12.3. The third-order valence-electron chi connectivity index (χ3n) is 1.45. The first-order valence-electron chi connectivity index (χ1n) is 3.23. The van der Waals surface area contributed by atoms with Gasteiger partial charge in [-0.15, -0.1) is 0 Å². The van der Waals surface area contributed by atoms with Gasteiger partial charge in [-0.2, -0.15) is 5.10 Å². The lowest BCUT2D eigenvalue weighted by Crippen LogP contribution is -2.28. The van der Waals surface area contributed by atoms with Crippen LogP contribution in [0.2, 0.25) is 0 Å². The van der Waals surface area contributed by atoms with Gasteiger partial charge < -0.3 is 0 Å². The van der Waals surface area contributed by atoms with Gasteiger partial charge in [0.05, 0.1) is 5.54 Å². The van der Waals surface area contributed by atoms with E-state index in [0.29, 0.717) is 0 Å². The summed E-state index contributed by atoms with van der Waals surface area (Å²) in [7, 11) is 0. The van der Waals surface area contributed by atoms with Crippen molar-refractivity contribution in [1.29, 1.82) is 0 Å². The van der Waals surface area contributed by atoms with Crippen LogP contribution in [0, 0.1) is 0 Å². The summed E-state index contributed by atoms with van der Waals surface area (Å²) < 4.78 is 13.9. The Morgan fingerprint density at radius 2 is 2.30 bits per heavy atom. The second-order valence-electron chi connectivity index (χ2n) is 2.90. The van der Waals surface area contributed by atoms with Gasteiger partial charge in [-0.25, -0.2) is 4.39 Å². The highest BCUT2D eigenvalue weighted by Gasteiger charge is 2.19. The standard InChI is InChI=1S/C7H11FN2/c1-7(2,6-8)10-5-3-4-9-10/h3-5H,6H2,1-2H3. The third-order valence-corrected chi connectivity index (χ3v) is 1.45. The van der Waals surface area contributed by atoms with E-state index < -0.39 is 12.2 Å². The summed E-state index contributed by atoms with van der Waals surface area (Å²) in [6.07, 6.45) is 3.41. The van der Waals surface area contributed by atoms with E-state index >= 15 is 0 Å². The summed E-state index contributed by atoms with van der Waals surface area (Å²) in [5.74, 6) is 0. The molecule has 1 rings (SSSR count). The van der Waals surface area contributed by atoms with Crippen LogP contribution in [0.15, 0.2) is 18.5 Å². The fraction of sp³-hybridized carbons (Fsp3) is 0.571. The van der Waals surface area contributed by atoms with Crippen molar-refractivity contribution in [3.8, 4) is 0 Å². The predicted octanol–water partition coefficient (Wildman–Crippen LogP) is 1.59. The fourth-order valence-electron chi connectivity index (χ4n) is 0.688. The van der Waals surface area contributed by atoms with Crippen LogP contribution in [0.4, 0.5) is 4.39 Å². The molecule has 0 aliphatic rings. The molecule has 2 nitrogen and oxygen atoms in total. The second-order valence-corrected chi connectivity index (χ2v) is 2.90. The van der Waals surface area contributed by atoms with E-state index in [1.54, 1.807) is 37.0 Å². The Bertz CT molecular complexity index is 191. The maximum Gasteiger partial charge on any atom is 0.114 e. The molecule has 0 saturated heterocycles. The normalized spacial score (nSPS) is 11.9. The summed E-state index contributed by atoms with van der Waals surface area (Å²) >= 11 is 0. The summed E-state index contributed by atoms with van der Waals surface area (Å²) in [5, 5.41) is 3.94. The van der Waals surface area contributed by atoms with Gasteiger partial charge in [0, 0.05) is 12.4 Å². The second kappa shape index (κ2) is 2.40. The molecule has 0 aromatic carbocycles. The monoisotopic (exact) mass is 142 g/mol. The highest BCUT2D eigenvalue weighted by Crippen LogP contribution is 2.12. The zero-order valence-electron chi connectivity index (χ0n) is 6.21. The number of halogens is 1. The topological polar surface area (TPSA) is 17.8 Å². The third kappa shape index (κ3) is 1.17. The van der Waals surface area contributed by atoms with Crippen molar-refractivity contribution in [3.63, 3.8) is 0 Å². The van der Waals surface area contributed by atoms with Gasteiger partial charge in [0.1, 0.15) is 6.67 Å². The van der Waals surface area contributed by atoms with E-state index in [9.17, 15) is 4.39 Å². The lowest BCUT2D eigenvalue weighted by atomic mass is 10.1. The van der Waals surface area contributed by atoms with E-state index in [1.807, 2.05) is 0 Å². The Morgan fingerprint density at radius 3 is 2.70 bits per heavy atom. The maximum absolute atomic E-state index is 12.3. The average Bonchev–Trinajstić information content (AvgIpc) is 2.38. The molecule has 0 N–H and O–H groups in total. The Morgan fingerprint density at radius 1 is 1.60 bits per heavy atom. The van der Waals surface area contributed by atoms with Crippen LogP contribution in [0.3, 0.4) is 0 Å². The Hall–Kier alpha value is -0.860. The summed E-state index contributed by atoms with van der Waals surface area (Å²) in [5.41, 5.74) is -0.497. The van der Waals surface area contributed by atoms with Crippen molar-refractivity contribution >= 4 is 0 Å². The van der Waals surface area contributed by atoms with Crippen molar-refractivity contribution in [2.45, 2.75) is 19.4 Å². The molecule has 0 aliphatic carbocycles. The van der Waals surface area contributed by atoms with Crippen LogP contribution in [-0.2, 0) is 5.54 Å². The number of hydrogen-bond acceptors (Lipinski definition) is 1. The minimum absolute atomic E-state index is 0.394. The first-order chi connectivity index (χ1) is 4.67. The van der Waals surface area contributed by atoms with Crippen molar-refractivity contribution in [2.24, 2.45) is 0 Å². The molecule has 0 bridgehead atoms. The van der Waals surface area contributed by atoms with E-state index in [-0.39, 0.29) is 0 Å². The highest BCUT2D eigenvalue weighted by atomic mass is 19.1. The van der Waals surface area contributed by atoms with Gasteiger partial charge in [0.15, 0.2) is 0 Å². The first-order valence-corrected chi connectivity index (χ1v) is 3.23. The summed E-state index contributed by atoms with van der Waals surface area (Å²) in [4.78, 5) is 0. The molecule has 0 amide bonds. The van der Waals surface area contributed by atoms with Gasteiger partial charge in [-0.1, -0.05) is 0 Å². The van der Waals surface area contributed by atoms with Crippen molar-refractivity contribution in [1.82, 2.24) is 9.78 Å². The van der Waals surface area contributed by atoms with E-state index in [0.717, 1.165) is 0 Å². The molecule has 0 unspecified atom stereocenters. The minimum atomic E-state index is -0.497. The molecule has 0 fully saturated rings. The quantitative estimate of drug-likeness (QED) is 0.613. The molecule has 1 aromatic rings. The Labute approximate surface area is 59.7 Å². The predicted molar refractivity (Wildman–Crippen MR) is 37.5 cm³/mol. The zero-order chi connectivity index (χ0) is 7.61. The van der Waals surface area contributed by atoms with Crippen LogP contribution in [0.5, 0.6) is 0 Å². The van der Waals surface area contributed by atoms with Crippen molar-refractivity contribution in [3.05, 3.63) is 18.5 Å². The van der Waals surface area contributed by atoms with Crippen LogP contribution in [0.25, 0.3) is 0 Å². The molecule has 1 aromatic heterocycles. The number of hydrogen-bond donors (Lipinski definition) is 0. The summed E-state index contributed by atoms with van der Waals surface area (Å²) in [6, 6.07) is 1.79. The number of aromatic nitrogens is 2. The largest absolute Gasteiger partial charge is 0.265 e. The molecule has 0 atom stereocenters. The average molecular weight is 142 g/mol. The number of alkyl halides is 1. The van der Waals surface area contributed by atoms with Gasteiger partial charge >= 0.3 is 0 Å².